The molecule has 4 rings (SSSR count). The Kier molecular flexibility index (Phi) is 4.87. The molecule has 1 amide bonds. The fraction of sp³-hybridized carbons (Fsp3) is 0.238. The third-order valence-electron chi connectivity index (χ3n) is 4.88. The van der Waals surface area contributed by atoms with Gasteiger partial charge in [-0.3, -0.25) is 14.7 Å². The van der Waals surface area contributed by atoms with Gasteiger partial charge in [-0.05, 0) is 49.1 Å². The first-order chi connectivity index (χ1) is 14.1. The van der Waals surface area contributed by atoms with E-state index in [4.69, 9.17) is 10.00 Å². The summed E-state index contributed by atoms with van der Waals surface area (Å²) in [6.45, 7) is 0.687. The molecule has 2 aromatic heterocycles. The Hall–Kier alpha value is -3.86. The predicted octanol–water partition coefficient (Wildman–Crippen LogP) is 2.25. The molecular formula is C21H19N5O3. The molecular weight excluding hydrogens is 370 g/mol. The number of nitrogens with one attached hydrogen (secondary N) is 2. The number of nitrogens with zero attached hydrogens (tertiary/aromatic N) is 3. The van der Waals surface area contributed by atoms with Crippen LogP contribution >= 0.6 is 0 Å². The van der Waals surface area contributed by atoms with Crippen LogP contribution in [-0.4, -0.2) is 34.3 Å². The molecule has 8 heteroatoms. The SMILES string of the molecule is COc1cc(C#N)ccc1-c1c[nH]n(-c2ccc(C(=O)NCC3CC3)cn2)c1=O. The molecule has 1 aliphatic rings. The molecule has 0 radical (unpaired) electrons. The second kappa shape index (κ2) is 7.64. The van der Waals surface area contributed by atoms with E-state index in [1.165, 1.54) is 30.8 Å². The Morgan fingerprint density at radius 2 is 2.17 bits per heavy atom. The first-order valence-electron chi connectivity index (χ1n) is 9.24. The van der Waals surface area contributed by atoms with Crippen molar-refractivity contribution >= 4 is 5.91 Å². The number of H-pyrrole nitrogens is 1. The molecule has 29 heavy (non-hydrogen) atoms. The highest BCUT2D eigenvalue weighted by atomic mass is 16.5. The Bertz CT molecular complexity index is 1150. The van der Waals surface area contributed by atoms with Crippen molar-refractivity contribution in [2.75, 3.05) is 13.7 Å². The van der Waals surface area contributed by atoms with Gasteiger partial charge < -0.3 is 10.1 Å². The van der Waals surface area contributed by atoms with Gasteiger partial charge in [0.2, 0.25) is 0 Å². The number of nitriles is 1. The van der Waals surface area contributed by atoms with Crippen LogP contribution in [-0.2, 0) is 0 Å². The van der Waals surface area contributed by atoms with Crippen LogP contribution in [0, 0.1) is 17.2 Å². The lowest BCUT2D eigenvalue weighted by Crippen LogP contribution is -2.25. The van der Waals surface area contributed by atoms with Crippen LogP contribution in [0.1, 0.15) is 28.8 Å². The zero-order chi connectivity index (χ0) is 20.4. The first kappa shape index (κ1) is 18.5. The highest BCUT2D eigenvalue weighted by Gasteiger charge is 2.22. The van der Waals surface area contributed by atoms with Gasteiger partial charge in [-0.15, -0.1) is 0 Å². The Morgan fingerprint density at radius 1 is 1.34 bits per heavy atom. The monoisotopic (exact) mass is 389 g/mol. The molecule has 0 saturated heterocycles. The number of aromatic amines is 1. The minimum atomic E-state index is -0.313. The van der Waals surface area contributed by atoms with Gasteiger partial charge in [0.25, 0.3) is 11.5 Å². The van der Waals surface area contributed by atoms with Crippen LogP contribution in [0.3, 0.4) is 0 Å². The molecule has 0 bridgehead atoms. The molecule has 1 aromatic carbocycles. The molecule has 1 fully saturated rings. The summed E-state index contributed by atoms with van der Waals surface area (Å²) in [5, 5.41) is 14.8. The van der Waals surface area contributed by atoms with Crippen LogP contribution < -0.4 is 15.6 Å². The Labute approximate surface area is 166 Å². The van der Waals surface area contributed by atoms with Gasteiger partial charge in [0.05, 0.1) is 29.9 Å². The summed E-state index contributed by atoms with van der Waals surface area (Å²) in [6.07, 6.45) is 5.34. The number of rotatable bonds is 6. The van der Waals surface area contributed by atoms with E-state index in [9.17, 15) is 9.59 Å². The fourth-order valence-corrected chi connectivity index (χ4v) is 3.03. The van der Waals surface area contributed by atoms with Crippen molar-refractivity contribution in [2.45, 2.75) is 12.8 Å². The minimum Gasteiger partial charge on any atom is -0.496 e. The molecule has 1 saturated carbocycles. The van der Waals surface area contributed by atoms with Crippen molar-refractivity contribution in [2.24, 2.45) is 5.92 Å². The standard InChI is InChI=1S/C21H19N5O3/c1-29-18-8-14(9-22)4-6-16(18)17-12-25-26(21(17)28)19-7-5-15(11-23-19)20(27)24-10-13-2-3-13/h4-8,11-13,25H,2-3,10H2,1H3,(H,24,27). The number of hydrogen-bond donors (Lipinski definition) is 2. The molecule has 146 valence electrons. The lowest BCUT2D eigenvalue weighted by molar-refractivity contribution is 0.0951. The van der Waals surface area contributed by atoms with Crippen LogP contribution in [0.15, 0.2) is 47.5 Å². The zero-order valence-electron chi connectivity index (χ0n) is 15.8. The number of aromatic nitrogens is 3. The van der Waals surface area contributed by atoms with E-state index in [1.54, 1.807) is 36.5 Å². The van der Waals surface area contributed by atoms with E-state index in [0.29, 0.717) is 46.3 Å². The van der Waals surface area contributed by atoms with E-state index in [2.05, 4.69) is 15.4 Å². The van der Waals surface area contributed by atoms with E-state index in [0.717, 1.165) is 0 Å². The maximum atomic E-state index is 12.9. The minimum absolute atomic E-state index is 0.169. The molecule has 0 atom stereocenters. The normalized spacial score (nSPS) is 13.0. The second-order valence-electron chi connectivity index (χ2n) is 6.91. The van der Waals surface area contributed by atoms with Gasteiger partial charge in [-0.25, -0.2) is 9.67 Å². The van der Waals surface area contributed by atoms with E-state index >= 15 is 0 Å². The summed E-state index contributed by atoms with van der Waals surface area (Å²) >= 11 is 0. The summed E-state index contributed by atoms with van der Waals surface area (Å²) in [4.78, 5) is 29.3. The predicted molar refractivity (Wildman–Crippen MR) is 106 cm³/mol. The third kappa shape index (κ3) is 3.75. The quantitative estimate of drug-likeness (QED) is 0.671. The van der Waals surface area contributed by atoms with Gasteiger partial charge >= 0.3 is 0 Å². The number of hydrogen-bond acceptors (Lipinski definition) is 5. The maximum Gasteiger partial charge on any atom is 0.280 e. The smallest absolute Gasteiger partial charge is 0.280 e. The van der Waals surface area contributed by atoms with Crippen LogP contribution in [0.5, 0.6) is 5.75 Å². The molecule has 8 nitrogen and oxygen atoms in total. The fourth-order valence-electron chi connectivity index (χ4n) is 3.03. The lowest BCUT2D eigenvalue weighted by Gasteiger charge is -2.06. The third-order valence-corrected chi connectivity index (χ3v) is 4.88. The Morgan fingerprint density at radius 3 is 2.83 bits per heavy atom. The number of carbonyl (C=O) groups is 1. The van der Waals surface area contributed by atoms with Crippen molar-refractivity contribution in [3.05, 3.63) is 64.2 Å². The van der Waals surface area contributed by atoms with Gasteiger partial charge in [-0.1, -0.05) is 0 Å². The molecule has 2 heterocycles. The van der Waals surface area contributed by atoms with Crippen LogP contribution in [0.2, 0.25) is 0 Å². The molecule has 0 aliphatic heterocycles. The van der Waals surface area contributed by atoms with Crippen molar-refractivity contribution in [3.63, 3.8) is 0 Å². The van der Waals surface area contributed by atoms with Crippen molar-refractivity contribution in [1.29, 1.82) is 5.26 Å². The molecule has 1 aliphatic carbocycles. The van der Waals surface area contributed by atoms with Gasteiger partial charge in [0, 0.05) is 24.5 Å². The van der Waals surface area contributed by atoms with Crippen molar-refractivity contribution < 1.29 is 9.53 Å². The summed E-state index contributed by atoms with van der Waals surface area (Å²) in [7, 11) is 1.49. The summed E-state index contributed by atoms with van der Waals surface area (Å²) < 4.78 is 6.62. The summed E-state index contributed by atoms with van der Waals surface area (Å²) in [5.74, 6) is 1.23. The van der Waals surface area contributed by atoms with E-state index in [1.807, 2.05) is 6.07 Å². The molecule has 2 N–H and O–H groups in total. The summed E-state index contributed by atoms with van der Waals surface area (Å²) in [5.41, 5.74) is 1.54. The number of benzene rings is 1. The first-order valence-corrected chi connectivity index (χ1v) is 9.24. The highest BCUT2D eigenvalue weighted by Crippen LogP contribution is 2.29. The number of carbonyl (C=O) groups excluding carboxylic acids is 1. The van der Waals surface area contributed by atoms with Gasteiger partial charge in [0.1, 0.15) is 5.75 Å². The van der Waals surface area contributed by atoms with Gasteiger partial charge in [0.15, 0.2) is 5.82 Å². The molecule has 0 unspecified atom stereocenters. The second-order valence-corrected chi connectivity index (χ2v) is 6.91. The van der Waals surface area contributed by atoms with Crippen LogP contribution in [0.25, 0.3) is 16.9 Å². The molecule has 0 spiro atoms. The summed E-state index contributed by atoms with van der Waals surface area (Å²) in [6, 6.07) is 10.2. The average Bonchev–Trinajstić information content (AvgIpc) is 3.52. The highest BCUT2D eigenvalue weighted by molar-refractivity contribution is 5.93. The van der Waals surface area contributed by atoms with Crippen molar-refractivity contribution in [1.82, 2.24) is 20.1 Å². The van der Waals surface area contributed by atoms with Crippen molar-refractivity contribution in [3.8, 4) is 28.8 Å². The largest absolute Gasteiger partial charge is 0.496 e. The average molecular weight is 389 g/mol. The van der Waals surface area contributed by atoms with E-state index < -0.39 is 0 Å². The number of methoxy groups -OCH3 is 1. The van der Waals surface area contributed by atoms with Gasteiger partial charge in [-0.2, -0.15) is 5.26 Å². The zero-order valence-corrected chi connectivity index (χ0v) is 15.8. The number of ether oxygens (including phenoxy) is 1. The number of amides is 1. The maximum absolute atomic E-state index is 12.9. The van der Waals surface area contributed by atoms with Crippen LogP contribution in [0.4, 0.5) is 0 Å². The molecule has 3 aromatic rings. The Balaban J connectivity index is 1.59. The van der Waals surface area contributed by atoms with E-state index in [-0.39, 0.29) is 11.5 Å². The number of pyridine rings is 1. The lowest BCUT2D eigenvalue weighted by atomic mass is 10.1. The topological polar surface area (TPSA) is 113 Å².